The number of sulfonamides is 1. The van der Waals surface area contributed by atoms with Crippen molar-refractivity contribution in [1.82, 2.24) is 4.72 Å². The topological polar surface area (TPSA) is 96.3 Å². The molecule has 2 rings (SSSR count). The molecule has 0 aliphatic rings. The van der Waals surface area contributed by atoms with Gasteiger partial charge in [-0.25, -0.2) is 8.42 Å². The fourth-order valence-corrected chi connectivity index (χ4v) is 3.37. The highest BCUT2D eigenvalue weighted by atomic mass is 79.9. The Morgan fingerprint density at radius 3 is 2.54 bits per heavy atom. The quantitative estimate of drug-likeness (QED) is 0.739. The van der Waals surface area contributed by atoms with Gasteiger partial charge < -0.3 is 4.74 Å². The second-order valence-electron chi connectivity index (χ2n) is 4.68. The summed E-state index contributed by atoms with van der Waals surface area (Å²) < 4.78 is 32.3. The van der Waals surface area contributed by atoms with Crippen LogP contribution in [0.1, 0.15) is 11.1 Å². The Bertz CT molecular complexity index is 891. The standard InChI is InChI=1S/C16H13BrN2O4S/c17-14-7-3-1-6-13(14)11-23-16(20)10-19-24(21,22)15-8-4-2-5-12(15)9-18/h1-8,19H,10-11H2. The van der Waals surface area contributed by atoms with Crippen LogP contribution in [0.3, 0.4) is 0 Å². The van der Waals surface area contributed by atoms with Gasteiger partial charge in [-0.05, 0) is 18.2 Å². The van der Waals surface area contributed by atoms with Crippen molar-refractivity contribution in [2.45, 2.75) is 11.5 Å². The van der Waals surface area contributed by atoms with E-state index in [1.165, 1.54) is 18.2 Å². The number of nitriles is 1. The van der Waals surface area contributed by atoms with Crippen LogP contribution in [0, 0.1) is 11.3 Å². The minimum Gasteiger partial charge on any atom is -0.460 e. The van der Waals surface area contributed by atoms with E-state index in [-0.39, 0.29) is 17.1 Å². The first kappa shape index (κ1) is 18.1. The van der Waals surface area contributed by atoms with Gasteiger partial charge in [0.05, 0.1) is 10.5 Å². The van der Waals surface area contributed by atoms with Gasteiger partial charge in [0, 0.05) is 10.0 Å². The normalized spacial score (nSPS) is 10.8. The van der Waals surface area contributed by atoms with Crippen LogP contribution < -0.4 is 4.72 Å². The van der Waals surface area contributed by atoms with Gasteiger partial charge in [-0.2, -0.15) is 9.98 Å². The number of esters is 1. The maximum atomic E-state index is 12.2. The molecule has 124 valence electrons. The van der Waals surface area contributed by atoms with Gasteiger partial charge in [0.15, 0.2) is 0 Å². The first-order chi connectivity index (χ1) is 11.4. The number of rotatable bonds is 6. The highest BCUT2D eigenvalue weighted by Crippen LogP contribution is 2.17. The van der Waals surface area contributed by atoms with E-state index in [1.807, 2.05) is 12.1 Å². The van der Waals surface area contributed by atoms with E-state index in [0.29, 0.717) is 0 Å². The number of carbonyl (C=O) groups is 1. The van der Waals surface area contributed by atoms with Crippen LogP contribution in [0.2, 0.25) is 0 Å². The lowest BCUT2D eigenvalue weighted by Gasteiger charge is -2.09. The van der Waals surface area contributed by atoms with E-state index in [9.17, 15) is 13.2 Å². The molecule has 0 amide bonds. The molecule has 24 heavy (non-hydrogen) atoms. The van der Waals surface area contributed by atoms with Gasteiger partial charge in [-0.3, -0.25) is 4.79 Å². The first-order valence-corrected chi connectivity index (χ1v) is 9.09. The molecule has 0 unspecified atom stereocenters. The molecule has 0 radical (unpaired) electrons. The van der Waals surface area contributed by atoms with Crippen molar-refractivity contribution in [2.24, 2.45) is 0 Å². The Hall–Kier alpha value is -2.21. The first-order valence-electron chi connectivity index (χ1n) is 6.82. The number of nitrogens with one attached hydrogen (secondary N) is 1. The van der Waals surface area contributed by atoms with Crippen molar-refractivity contribution in [3.8, 4) is 6.07 Å². The molecule has 2 aromatic rings. The highest BCUT2D eigenvalue weighted by Gasteiger charge is 2.19. The van der Waals surface area contributed by atoms with Crippen LogP contribution >= 0.6 is 15.9 Å². The predicted molar refractivity (Wildman–Crippen MR) is 90.3 cm³/mol. The minimum absolute atomic E-state index is 0.00610. The van der Waals surface area contributed by atoms with E-state index in [4.69, 9.17) is 10.00 Å². The Morgan fingerprint density at radius 2 is 1.83 bits per heavy atom. The summed E-state index contributed by atoms with van der Waals surface area (Å²) in [5, 5.41) is 8.96. The molecule has 0 atom stereocenters. The summed E-state index contributed by atoms with van der Waals surface area (Å²) in [7, 11) is -3.97. The number of nitrogens with zero attached hydrogens (tertiary/aromatic N) is 1. The number of benzene rings is 2. The number of carbonyl (C=O) groups excluding carboxylic acids is 1. The van der Waals surface area contributed by atoms with Crippen molar-refractivity contribution in [3.63, 3.8) is 0 Å². The van der Waals surface area contributed by atoms with Crippen molar-refractivity contribution in [3.05, 3.63) is 64.1 Å². The SMILES string of the molecule is N#Cc1ccccc1S(=O)(=O)NCC(=O)OCc1ccccc1Br. The summed E-state index contributed by atoms with van der Waals surface area (Å²) in [6.07, 6.45) is 0. The molecule has 0 saturated carbocycles. The second kappa shape index (κ2) is 8.06. The Kier molecular flexibility index (Phi) is 6.09. The van der Waals surface area contributed by atoms with Gasteiger partial charge in [0.2, 0.25) is 10.0 Å². The Morgan fingerprint density at radius 1 is 1.17 bits per heavy atom. The summed E-state index contributed by atoms with van der Waals surface area (Å²) in [4.78, 5) is 11.6. The molecular weight excluding hydrogens is 396 g/mol. The molecule has 0 aromatic heterocycles. The van der Waals surface area contributed by atoms with Crippen LogP contribution in [0.15, 0.2) is 57.9 Å². The monoisotopic (exact) mass is 408 g/mol. The molecule has 0 bridgehead atoms. The average molecular weight is 409 g/mol. The highest BCUT2D eigenvalue weighted by molar-refractivity contribution is 9.10. The number of ether oxygens (including phenoxy) is 1. The third kappa shape index (κ3) is 4.64. The molecule has 0 saturated heterocycles. The summed E-state index contributed by atoms with van der Waals surface area (Å²) in [5.41, 5.74) is 0.773. The molecule has 2 aromatic carbocycles. The van der Waals surface area contributed by atoms with Gasteiger partial charge in [0.1, 0.15) is 19.2 Å². The summed E-state index contributed by atoms with van der Waals surface area (Å²) in [6.45, 7) is -0.497. The second-order valence-corrected chi connectivity index (χ2v) is 7.27. The summed E-state index contributed by atoms with van der Waals surface area (Å²) >= 11 is 3.33. The molecule has 1 N–H and O–H groups in total. The van der Waals surface area contributed by atoms with Crippen molar-refractivity contribution in [2.75, 3.05) is 6.54 Å². The smallest absolute Gasteiger partial charge is 0.321 e. The third-order valence-electron chi connectivity index (χ3n) is 3.05. The largest absolute Gasteiger partial charge is 0.460 e. The summed E-state index contributed by atoms with van der Waals surface area (Å²) in [5.74, 6) is -0.719. The number of halogens is 1. The van der Waals surface area contributed by atoms with Gasteiger partial charge >= 0.3 is 5.97 Å². The fourth-order valence-electron chi connectivity index (χ4n) is 1.85. The van der Waals surface area contributed by atoms with Gasteiger partial charge in [-0.15, -0.1) is 0 Å². The molecule has 0 aliphatic heterocycles. The Labute approximate surface area is 148 Å². The molecule has 0 fully saturated rings. The minimum atomic E-state index is -3.97. The fraction of sp³-hybridized carbons (Fsp3) is 0.125. The van der Waals surface area contributed by atoms with Crippen LogP contribution in [0.5, 0.6) is 0 Å². The molecular formula is C16H13BrN2O4S. The van der Waals surface area contributed by atoms with Crippen LogP contribution in [-0.4, -0.2) is 20.9 Å². The lowest BCUT2D eigenvalue weighted by Crippen LogP contribution is -2.31. The molecule has 0 aliphatic carbocycles. The van der Waals surface area contributed by atoms with Crippen LogP contribution in [0.25, 0.3) is 0 Å². The zero-order valence-electron chi connectivity index (χ0n) is 12.4. The average Bonchev–Trinajstić information content (AvgIpc) is 2.59. The predicted octanol–water partition coefficient (Wildman–Crippen LogP) is 2.34. The van der Waals surface area contributed by atoms with Crippen LogP contribution in [0.4, 0.5) is 0 Å². The molecule has 8 heteroatoms. The van der Waals surface area contributed by atoms with Gasteiger partial charge in [-0.1, -0.05) is 46.3 Å². The lowest BCUT2D eigenvalue weighted by atomic mass is 10.2. The van der Waals surface area contributed by atoms with E-state index < -0.39 is 22.5 Å². The zero-order chi connectivity index (χ0) is 17.6. The number of hydrogen-bond donors (Lipinski definition) is 1. The van der Waals surface area contributed by atoms with E-state index >= 15 is 0 Å². The molecule has 0 spiro atoms. The maximum Gasteiger partial charge on any atom is 0.321 e. The van der Waals surface area contributed by atoms with Gasteiger partial charge in [0.25, 0.3) is 0 Å². The van der Waals surface area contributed by atoms with Crippen molar-refractivity contribution in [1.29, 1.82) is 5.26 Å². The van der Waals surface area contributed by atoms with E-state index in [1.54, 1.807) is 24.3 Å². The van der Waals surface area contributed by atoms with E-state index in [2.05, 4.69) is 20.7 Å². The van der Waals surface area contributed by atoms with Crippen molar-refractivity contribution < 1.29 is 17.9 Å². The van der Waals surface area contributed by atoms with Crippen molar-refractivity contribution >= 4 is 31.9 Å². The number of hydrogen-bond acceptors (Lipinski definition) is 5. The third-order valence-corrected chi connectivity index (χ3v) is 5.28. The molecule has 6 nitrogen and oxygen atoms in total. The van der Waals surface area contributed by atoms with E-state index in [0.717, 1.165) is 10.0 Å². The lowest BCUT2D eigenvalue weighted by molar-refractivity contribution is -0.143. The van der Waals surface area contributed by atoms with Crippen LogP contribution in [-0.2, 0) is 26.2 Å². The maximum absolute atomic E-state index is 12.2. The summed E-state index contributed by atoms with van der Waals surface area (Å²) in [6, 6.07) is 14.8. The zero-order valence-corrected chi connectivity index (χ0v) is 14.8. The Balaban J connectivity index is 1.96. The molecule has 0 heterocycles.